The Morgan fingerprint density at radius 3 is 2.71 bits per heavy atom. The van der Waals surface area contributed by atoms with Gasteiger partial charge in [0.05, 0.1) is 17.6 Å². The van der Waals surface area contributed by atoms with Crippen molar-refractivity contribution in [2.75, 3.05) is 5.32 Å². The minimum Gasteiger partial charge on any atom is -0.345 e. The smallest absolute Gasteiger partial charge is 0.313 e. The molecule has 1 aromatic rings. The Bertz CT molecular complexity index is 683. The van der Waals surface area contributed by atoms with E-state index < -0.39 is 11.8 Å². The molecule has 3 fully saturated rings. The van der Waals surface area contributed by atoms with Gasteiger partial charge in [-0.05, 0) is 63.2 Å². The molecule has 6 unspecified atom stereocenters. The van der Waals surface area contributed by atoms with Gasteiger partial charge in [-0.15, -0.1) is 0 Å². The highest BCUT2D eigenvalue weighted by atomic mass is 16.2. The van der Waals surface area contributed by atoms with E-state index in [2.05, 4.69) is 29.6 Å². The van der Waals surface area contributed by atoms with Gasteiger partial charge in [-0.1, -0.05) is 6.92 Å². The lowest BCUT2D eigenvalue weighted by atomic mass is 9.95. The molecule has 1 aromatic heterocycles. The van der Waals surface area contributed by atoms with Gasteiger partial charge in [-0.2, -0.15) is 5.10 Å². The first-order valence-electron chi connectivity index (χ1n) is 9.15. The van der Waals surface area contributed by atoms with Crippen LogP contribution in [-0.4, -0.2) is 27.6 Å². The molecule has 0 aromatic carbocycles. The Morgan fingerprint density at radius 2 is 2.04 bits per heavy atom. The summed E-state index contributed by atoms with van der Waals surface area (Å²) in [5, 5.41) is 10.0. The first-order chi connectivity index (χ1) is 11.5. The molecule has 3 aliphatic rings. The van der Waals surface area contributed by atoms with E-state index in [-0.39, 0.29) is 12.1 Å². The van der Waals surface area contributed by atoms with Crippen molar-refractivity contribution in [3.8, 4) is 0 Å². The predicted molar refractivity (Wildman–Crippen MR) is 90.3 cm³/mol. The summed E-state index contributed by atoms with van der Waals surface area (Å²) in [5.74, 6) is 2.02. The van der Waals surface area contributed by atoms with E-state index in [9.17, 15) is 9.59 Å². The zero-order valence-corrected chi connectivity index (χ0v) is 14.6. The van der Waals surface area contributed by atoms with Crippen LogP contribution in [0.4, 0.5) is 5.69 Å². The fourth-order valence-electron chi connectivity index (χ4n) is 4.95. The van der Waals surface area contributed by atoms with Crippen molar-refractivity contribution in [3.63, 3.8) is 0 Å². The molecule has 2 N–H and O–H groups in total. The molecule has 0 spiro atoms. The average Bonchev–Trinajstić information content (AvgIpc) is 3.01. The molecule has 0 aliphatic heterocycles. The number of hydrogen-bond acceptors (Lipinski definition) is 3. The highest BCUT2D eigenvalue weighted by Crippen LogP contribution is 2.65. The van der Waals surface area contributed by atoms with Crippen LogP contribution in [0, 0.1) is 30.6 Å². The largest absolute Gasteiger partial charge is 0.345 e. The van der Waals surface area contributed by atoms with Crippen molar-refractivity contribution in [1.82, 2.24) is 15.1 Å². The maximum absolute atomic E-state index is 12.3. The van der Waals surface area contributed by atoms with Gasteiger partial charge < -0.3 is 10.6 Å². The summed E-state index contributed by atoms with van der Waals surface area (Å²) < 4.78 is 1.89. The zero-order valence-electron chi connectivity index (χ0n) is 14.6. The van der Waals surface area contributed by atoms with Crippen LogP contribution in [-0.2, 0) is 9.59 Å². The summed E-state index contributed by atoms with van der Waals surface area (Å²) in [6, 6.07) is 0.464. The van der Waals surface area contributed by atoms with Gasteiger partial charge in [0, 0.05) is 12.1 Å². The Labute approximate surface area is 142 Å². The molecule has 6 atom stereocenters. The lowest BCUT2D eigenvalue weighted by molar-refractivity contribution is -0.136. The van der Waals surface area contributed by atoms with E-state index >= 15 is 0 Å². The van der Waals surface area contributed by atoms with Crippen molar-refractivity contribution >= 4 is 17.5 Å². The van der Waals surface area contributed by atoms with Crippen molar-refractivity contribution < 1.29 is 9.59 Å². The van der Waals surface area contributed by atoms with Gasteiger partial charge in [0.25, 0.3) is 0 Å². The number of fused-ring (bicyclic) bond motifs is 5. The second kappa shape index (κ2) is 5.60. The van der Waals surface area contributed by atoms with E-state index in [1.165, 1.54) is 12.8 Å². The van der Waals surface area contributed by atoms with Crippen LogP contribution < -0.4 is 10.6 Å². The number of carbonyl (C=O) groups is 2. The lowest BCUT2D eigenvalue weighted by Gasteiger charge is -2.22. The highest BCUT2D eigenvalue weighted by molar-refractivity contribution is 6.39. The minimum atomic E-state index is -0.586. The van der Waals surface area contributed by atoms with Gasteiger partial charge in [0.15, 0.2) is 0 Å². The second-order valence-corrected chi connectivity index (χ2v) is 7.84. The number of anilines is 1. The summed E-state index contributed by atoms with van der Waals surface area (Å²) in [7, 11) is 0. The Hall–Kier alpha value is -1.85. The van der Waals surface area contributed by atoms with Crippen LogP contribution in [0.3, 0.4) is 0 Å². The molecule has 130 valence electrons. The van der Waals surface area contributed by atoms with Crippen molar-refractivity contribution in [2.24, 2.45) is 23.7 Å². The lowest BCUT2D eigenvalue weighted by Crippen LogP contribution is -2.44. The molecule has 1 heterocycles. The monoisotopic (exact) mass is 330 g/mol. The number of nitrogens with zero attached hydrogens (tertiary/aromatic N) is 2. The van der Waals surface area contributed by atoms with Crippen molar-refractivity contribution in [2.45, 2.75) is 58.5 Å². The normalized spacial score (nSPS) is 33.9. The molecule has 0 saturated heterocycles. The molecule has 3 aliphatic carbocycles. The van der Waals surface area contributed by atoms with Crippen LogP contribution in [0.5, 0.6) is 0 Å². The maximum Gasteiger partial charge on any atom is 0.313 e. The van der Waals surface area contributed by atoms with Crippen LogP contribution >= 0.6 is 0 Å². The van der Waals surface area contributed by atoms with E-state index in [1.807, 2.05) is 11.6 Å². The number of rotatable bonds is 4. The third kappa shape index (κ3) is 2.43. The third-order valence-corrected chi connectivity index (χ3v) is 6.52. The number of amides is 2. The summed E-state index contributed by atoms with van der Waals surface area (Å²) in [4.78, 5) is 24.5. The summed E-state index contributed by atoms with van der Waals surface area (Å²) in [5.41, 5.74) is 1.50. The van der Waals surface area contributed by atoms with E-state index in [1.54, 1.807) is 6.20 Å². The summed E-state index contributed by atoms with van der Waals surface area (Å²) in [6.07, 6.45) is 6.21. The standard InChI is InChI=1S/C18H26N4O2/c1-4-9(2)22-10(3)16(8-19-22)21-18(24)17(23)20-15-6-11-5-14(15)13-7-12(11)13/h8-9,11-15H,4-7H2,1-3H3,(H,20,23)(H,21,24). The van der Waals surface area contributed by atoms with Crippen LogP contribution in [0.25, 0.3) is 0 Å². The van der Waals surface area contributed by atoms with Crippen LogP contribution in [0.15, 0.2) is 6.20 Å². The first kappa shape index (κ1) is 15.7. The second-order valence-electron chi connectivity index (χ2n) is 7.84. The van der Waals surface area contributed by atoms with Crippen LogP contribution in [0.1, 0.15) is 51.3 Å². The predicted octanol–water partition coefficient (Wildman–Crippen LogP) is 2.26. The number of aromatic nitrogens is 2. The van der Waals surface area contributed by atoms with Gasteiger partial charge in [-0.3, -0.25) is 14.3 Å². The summed E-state index contributed by atoms with van der Waals surface area (Å²) in [6.45, 7) is 6.09. The van der Waals surface area contributed by atoms with E-state index in [0.29, 0.717) is 11.6 Å². The minimum absolute atomic E-state index is 0.195. The SMILES string of the molecule is CCC(C)n1ncc(NC(=O)C(=O)NC2CC3CC2C2CC32)c1C. The Morgan fingerprint density at radius 1 is 1.25 bits per heavy atom. The number of carbonyl (C=O) groups excluding carboxylic acids is 2. The molecule has 0 radical (unpaired) electrons. The fraction of sp³-hybridized carbons (Fsp3) is 0.722. The Kier molecular flexibility index (Phi) is 3.66. The number of nitrogens with one attached hydrogen (secondary N) is 2. The van der Waals surface area contributed by atoms with Gasteiger partial charge >= 0.3 is 11.8 Å². The molecule has 3 saturated carbocycles. The highest BCUT2D eigenvalue weighted by Gasteiger charge is 2.61. The van der Waals surface area contributed by atoms with Gasteiger partial charge in [0.1, 0.15) is 0 Å². The van der Waals surface area contributed by atoms with Gasteiger partial charge in [-0.25, -0.2) is 0 Å². The summed E-state index contributed by atoms with van der Waals surface area (Å²) >= 11 is 0. The molecule has 6 heteroatoms. The molecule has 24 heavy (non-hydrogen) atoms. The van der Waals surface area contributed by atoms with Crippen molar-refractivity contribution in [1.29, 1.82) is 0 Å². The molecule has 4 rings (SSSR count). The number of hydrogen-bond donors (Lipinski definition) is 2. The zero-order chi connectivity index (χ0) is 17.0. The quantitative estimate of drug-likeness (QED) is 0.832. The maximum atomic E-state index is 12.3. The molecular weight excluding hydrogens is 304 g/mol. The molecule has 2 amide bonds. The molecule has 2 bridgehead atoms. The first-order valence-corrected chi connectivity index (χ1v) is 9.15. The molecular formula is C18H26N4O2. The van der Waals surface area contributed by atoms with Crippen molar-refractivity contribution in [3.05, 3.63) is 11.9 Å². The van der Waals surface area contributed by atoms with E-state index in [4.69, 9.17) is 0 Å². The average molecular weight is 330 g/mol. The Balaban J connectivity index is 1.36. The van der Waals surface area contributed by atoms with Gasteiger partial charge in [0.2, 0.25) is 0 Å². The topological polar surface area (TPSA) is 76.0 Å². The third-order valence-electron chi connectivity index (χ3n) is 6.52. The molecule has 6 nitrogen and oxygen atoms in total. The van der Waals surface area contributed by atoms with E-state index in [0.717, 1.165) is 36.3 Å². The van der Waals surface area contributed by atoms with Crippen LogP contribution in [0.2, 0.25) is 0 Å². The fourth-order valence-corrected chi connectivity index (χ4v) is 4.95.